The Bertz CT molecular complexity index is 1640. The molecule has 3 N–H and O–H groups in total. The Kier molecular flexibility index (Phi) is 20.6. The average molecular weight is 812 g/mol. The Morgan fingerprint density at radius 3 is 1.75 bits per heavy atom. The topological polar surface area (TPSA) is 114 Å². The lowest BCUT2D eigenvalue weighted by molar-refractivity contribution is -0.115. The normalized spacial score (nSPS) is 12.0. The van der Waals surface area contributed by atoms with E-state index in [1.165, 1.54) is 114 Å². The maximum Gasteiger partial charge on any atom is 0.243 e. The molecule has 0 aromatic heterocycles. The molecule has 1 unspecified atom stereocenters. The monoisotopic (exact) mass is 810 g/mol. The fraction of sp³-hybridized carbons (Fsp3) is 0.537. The quantitative estimate of drug-likeness (QED) is 0.0399. The Morgan fingerprint density at radius 1 is 0.660 bits per heavy atom. The predicted molar refractivity (Wildman–Crippen MR) is 220 cm³/mol. The second-order valence-corrected chi connectivity index (χ2v) is 16.8. The summed E-state index contributed by atoms with van der Waals surface area (Å²) in [6.45, 7) is 4.42. The fourth-order valence-corrected chi connectivity index (χ4v) is 8.17. The number of nitrogens with one attached hydrogen (secondary N) is 2. The molecule has 0 aliphatic rings. The van der Waals surface area contributed by atoms with E-state index >= 15 is 0 Å². The van der Waals surface area contributed by atoms with Crippen molar-refractivity contribution in [3.63, 3.8) is 0 Å². The van der Waals surface area contributed by atoms with Gasteiger partial charge in [0.2, 0.25) is 5.91 Å². The van der Waals surface area contributed by atoms with Gasteiger partial charge in [0.25, 0.3) is 0 Å². The van der Waals surface area contributed by atoms with Gasteiger partial charge in [0.1, 0.15) is 22.5 Å². The maximum atomic E-state index is 13.5. The first-order valence-electron chi connectivity index (χ1n) is 19.2. The van der Waals surface area contributed by atoms with Crippen molar-refractivity contribution in [3.8, 4) is 17.2 Å². The third-order valence-electron chi connectivity index (χ3n) is 9.19. The average Bonchev–Trinajstić information content (AvgIpc) is 3.13. The molecule has 3 aromatic carbocycles. The van der Waals surface area contributed by atoms with Gasteiger partial charge in [0.05, 0.1) is 37.9 Å². The first-order valence-corrected chi connectivity index (χ1v) is 21.9. The van der Waals surface area contributed by atoms with E-state index in [2.05, 4.69) is 17.6 Å². The minimum Gasteiger partial charge on any atom is -0.506 e. The molecule has 0 aliphatic heterocycles. The number of halogens is 3. The van der Waals surface area contributed by atoms with E-state index in [4.69, 9.17) is 44.3 Å². The largest absolute Gasteiger partial charge is 0.506 e. The van der Waals surface area contributed by atoms with Crippen LogP contribution in [-0.4, -0.2) is 38.0 Å². The standard InChI is InChI=1S/C41H57Cl3N2O6S/c1-3-5-6-7-8-9-10-11-12-13-14-15-16-17-18-19-26-51-31-20-23-33(24-21-31)53(49,50)40(4-2)41(48)46-37-29-39(47)38(28-36(37)44)45-30-52-32-22-25-34(42)35(43)27-32/h20-25,27-29,40,45,47H,3-19,26,30H2,1-2H3,(H,46,48). The number of amides is 1. The minimum atomic E-state index is -4.04. The summed E-state index contributed by atoms with van der Waals surface area (Å²) in [6.07, 6.45) is 20.9. The molecule has 0 spiro atoms. The van der Waals surface area contributed by atoms with Crippen LogP contribution in [0.1, 0.15) is 123 Å². The van der Waals surface area contributed by atoms with E-state index < -0.39 is 21.0 Å². The minimum absolute atomic E-state index is 0.0183. The fourth-order valence-electron chi connectivity index (χ4n) is 6.05. The molecule has 0 bridgehead atoms. The molecule has 53 heavy (non-hydrogen) atoms. The number of ether oxygens (including phenoxy) is 2. The van der Waals surface area contributed by atoms with E-state index in [0.29, 0.717) is 28.2 Å². The molecule has 0 radical (unpaired) electrons. The zero-order chi connectivity index (χ0) is 38.5. The van der Waals surface area contributed by atoms with Crippen molar-refractivity contribution in [2.45, 2.75) is 133 Å². The van der Waals surface area contributed by atoms with Crippen molar-refractivity contribution in [1.29, 1.82) is 0 Å². The van der Waals surface area contributed by atoms with Crippen molar-refractivity contribution < 1.29 is 27.8 Å². The second kappa shape index (κ2) is 24.5. The summed E-state index contributed by atoms with van der Waals surface area (Å²) in [5.41, 5.74) is 0.307. The van der Waals surface area contributed by atoms with E-state index in [1.807, 2.05) is 0 Å². The maximum absolute atomic E-state index is 13.5. The van der Waals surface area contributed by atoms with Crippen molar-refractivity contribution >= 4 is 61.9 Å². The van der Waals surface area contributed by atoms with Crippen molar-refractivity contribution in [1.82, 2.24) is 0 Å². The molecular formula is C41H57Cl3N2O6S. The summed E-state index contributed by atoms with van der Waals surface area (Å²) in [7, 11) is -4.04. The Morgan fingerprint density at radius 2 is 1.21 bits per heavy atom. The Hall–Kier alpha value is -2.85. The molecule has 0 saturated carbocycles. The van der Waals surface area contributed by atoms with Crippen LogP contribution >= 0.6 is 34.8 Å². The molecule has 12 heteroatoms. The summed E-state index contributed by atoms with van der Waals surface area (Å²) < 4.78 is 38.4. The highest BCUT2D eigenvalue weighted by atomic mass is 35.5. The van der Waals surface area contributed by atoms with E-state index in [0.717, 1.165) is 12.8 Å². The summed E-state index contributed by atoms with van der Waals surface area (Å²) in [5, 5.41) is 15.5. The van der Waals surface area contributed by atoms with Gasteiger partial charge < -0.3 is 25.2 Å². The number of rotatable bonds is 27. The Labute approximate surface area is 332 Å². The van der Waals surface area contributed by atoms with Gasteiger partial charge in [-0.05, 0) is 55.3 Å². The van der Waals surface area contributed by atoms with Gasteiger partial charge in [-0.2, -0.15) is 0 Å². The summed E-state index contributed by atoms with van der Waals surface area (Å²) in [4.78, 5) is 13.3. The lowest BCUT2D eigenvalue weighted by Crippen LogP contribution is -2.34. The first kappa shape index (κ1) is 44.5. The zero-order valence-electron chi connectivity index (χ0n) is 31.2. The van der Waals surface area contributed by atoms with Gasteiger partial charge in [0, 0.05) is 12.1 Å². The molecule has 294 valence electrons. The number of sulfone groups is 1. The van der Waals surface area contributed by atoms with Crippen molar-refractivity contribution in [3.05, 3.63) is 69.7 Å². The van der Waals surface area contributed by atoms with E-state index in [-0.39, 0.29) is 40.2 Å². The van der Waals surface area contributed by atoms with Crippen LogP contribution < -0.4 is 20.1 Å². The summed E-state index contributed by atoms with van der Waals surface area (Å²) >= 11 is 18.3. The SMILES string of the molecule is CCCCCCCCCCCCCCCCCCOc1ccc(S(=O)(=O)C(CC)C(=O)Nc2cc(O)c(NCOc3ccc(Cl)c(Cl)c3)cc2Cl)cc1. The van der Waals surface area contributed by atoms with Crippen LogP contribution in [0.5, 0.6) is 17.2 Å². The molecule has 0 fully saturated rings. The van der Waals surface area contributed by atoms with E-state index in [1.54, 1.807) is 37.3 Å². The molecule has 1 atom stereocenters. The van der Waals surface area contributed by atoms with Crippen molar-refractivity contribution in [2.75, 3.05) is 24.0 Å². The number of aromatic hydroxyl groups is 1. The Balaban J connectivity index is 1.36. The van der Waals surface area contributed by atoms with Gasteiger partial charge in [-0.15, -0.1) is 0 Å². The van der Waals surface area contributed by atoms with E-state index in [9.17, 15) is 18.3 Å². The highest BCUT2D eigenvalue weighted by molar-refractivity contribution is 7.92. The van der Waals surface area contributed by atoms with Gasteiger partial charge in [-0.3, -0.25) is 4.79 Å². The van der Waals surface area contributed by atoms with Crippen LogP contribution in [0.2, 0.25) is 15.1 Å². The lowest BCUT2D eigenvalue weighted by Gasteiger charge is -2.18. The molecule has 0 aliphatic carbocycles. The summed E-state index contributed by atoms with van der Waals surface area (Å²) in [5.74, 6) is 0.0523. The van der Waals surface area contributed by atoms with Crippen LogP contribution in [0.4, 0.5) is 11.4 Å². The second-order valence-electron chi connectivity index (χ2n) is 13.4. The number of carbonyl (C=O) groups excluding carboxylic acids is 1. The molecular weight excluding hydrogens is 755 g/mol. The van der Waals surface area contributed by atoms with Crippen LogP contribution in [0.25, 0.3) is 0 Å². The van der Waals surface area contributed by atoms with Crippen molar-refractivity contribution in [2.24, 2.45) is 0 Å². The molecule has 0 saturated heterocycles. The number of benzene rings is 3. The number of carbonyl (C=O) groups is 1. The number of phenols is 1. The third-order valence-corrected chi connectivity index (χ3v) is 12.5. The molecule has 3 rings (SSSR count). The van der Waals surface area contributed by atoms with Crippen LogP contribution in [0.15, 0.2) is 59.5 Å². The lowest BCUT2D eigenvalue weighted by atomic mass is 10.0. The molecule has 1 amide bonds. The molecule has 3 aromatic rings. The smallest absolute Gasteiger partial charge is 0.243 e. The molecule has 0 heterocycles. The van der Waals surface area contributed by atoms with Crippen LogP contribution in [0, 0.1) is 0 Å². The predicted octanol–water partition coefficient (Wildman–Crippen LogP) is 12.6. The number of hydrogen-bond donors (Lipinski definition) is 3. The highest BCUT2D eigenvalue weighted by Crippen LogP contribution is 2.35. The third kappa shape index (κ3) is 15.8. The highest BCUT2D eigenvalue weighted by Gasteiger charge is 2.33. The molecule has 8 nitrogen and oxygen atoms in total. The number of anilines is 2. The number of phenolic OH excluding ortho intramolecular Hbond substituents is 1. The number of hydrogen-bond acceptors (Lipinski definition) is 7. The number of unbranched alkanes of at least 4 members (excludes halogenated alkanes) is 15. The van der Waals surface area contributed by atoms with Gasteiger partial charge in [0.15, 0.2) is 16.6 Å². The van der Waals surface area contributed by atoms with Gasteiger partial charge >= 0.3 is 0 Å². The van der Waals surface area contributed by atoms with Gasteiger partial charge in [-0.25, -0.2) is 8.42 Å². The van der Waals surface area contributed by atoms with Gasteiger partial charge in [-0.1, -0.05) is 145 Å². The summed E-state index contributed by atoms with van der Waals surface area (Å²) in [6, 6.07) is 13.6. The van der Waals surface area contributed by atoms with Crippen LogP contribution in [0.3, 0.4) is 0 Å². The first-order chi connectivity index (χ1) is 25.6. The zero-order valence-corrected chi connectivity index (χ0v) is 34.3. The van der Waals surface area contributed by atoms with Crippen LogP contribution in [-0.2, 0) is 14.6 Å².